The number of hydrogen-bond acceptors (Lipinski definition) is 7. The number of aromatic nitrogens is 2. The van der Waals surface area contributed by atoms with Crippen LogP contribution in [0.3, 0.4) is 0 Å². The number of nitriles is 1. The molecule has 4 aromatic rings. The van der Waals surface area contributed by atoms with Crippen molar-refractivity contribution in [2.45, 2.75) is 69.7 Å². The lowest BCUT2D eigenvalue weighted by molar-refractivity contribution is -0.133. The highest BCUT2D eigenvalue weighted by molar-refractivity contribution is 5.98. The Bertz CT molecular complexity index is 1790. The Kier molecular flexibility index (Phi) is 13.3. The third-order valence-corrected chi connectivity index (χ3v) is 9.83. The van der Waals surface area contributed by atoms with Gasteiger partial charge in [0.1, 0.15) is 12.1 Å². The van der Waals surface area contributed by atoms with Crippen molar-refractivity contribution in [2.75, 3.05) is 32.1 Å². The second kappa shape index (κ2) is 18.3. The summed E-state index contributed by atoms with van der Waals surface area (Å²) in [4.78, 5) is 47.5. The molecule has 52 heavy (non-hydrogen) atoms. The second-order valence-corrected chi connectivity index (χ2v) is 13.8. The maximum atomic E-state index is 14.4. The fourth-order valence-corrected chi connectivity index (χ4v) is 6.48. The fourth-order valence-electron chi connectivity index (χ4n) is 6.48. The lowest BCUT2D eigenvalue weighted by Gasteiger charge is -2.27. The first-order valence-corrected chi connectivity index (χ1v) is 17.9. The number of benzene rings is 3. The Morgan fingerprint density at radius 2 is 1.60 bits per heavy atom. The molecule has 5 rings (SSSR count). The number of likely N-dealkylation sites (N-methyl/N-ethyl adjacent to an activating group) is 1. The van der Waals surface area contributed by atoms with Crippen LogP contribution in [0.5, 0.6) is 0 Å². The molecule has 3 amide bonds. The van der Waals surface area contributed by atoms with E-state index in [9.17, 15) is 19.6 Å². The molecule has 11 nitrogen and oxygen atoms in total. The van der Waals surface area contributed by atoms with E-state index in [1.54, 1.807) is 38.0 Å². The fraction of sp³-hybridized carbons (Fsp3) is 0.390. The third kappa shape index (κ3) is 9.93. The van der Waals surface area contributed by atoms with Crippen LogP contribution in [0.1, 0.15) is 68.2 Å². The average Bonchev–Trinajstić information content (AvgIpc) is 3.48. The minimum Gasteiger partial charge on any atom is -0.377 e. The van der Waals surface area contributed by atoms with Crippen molar-refractivity contribution in [3.05, 3.63) is 120 Å². The maximum absolute atomic E-state index is 14.4. The summed E-state index contributed by atoms with van der Waals surface area (Å²) in [7, 11) is 1.69. The molecule has 0 radical (unpaired) electrons. The SMILES string of the molecule is CNC(C)(C)C(=O)NC(CCOCc1ccccc1)C(=O)Nc1cn(C(C(=O)N2CCCC(C(C#N)c3ccccc3)CC2)c2ccccc2)cn1. The van der Waals surface area contributed by atoms with Crippen LogP contribution in [0, 0.1) is 17.2 Å². The number of carbonyl (C=O) groups is 3. The first-order valence-electron chi connectivity index (χ1n) is 17.9. The van der Waals surface area contributed by atoms with Crippen LogP contribution in [0.4, 0.5) is 5.82 Å². The second-order valence-electron chi connectivity index (χ2n) is 13.8. The topological polar surface area (TPSA) is 141 Å². The number of hydrogen-bond donors (Lipinski definition) is 3. The molecule has 0 aliphatic carbocycles. The molecule has 1 fully saturated rings. The highest BCUT2D eigenvalue weighted by Crippen LogP contribution is 2.33. The minimum absolute atomic E-state index is 0.0784. The maximum Gasteiger partial charge on any atom is 0.250 e. The molecule has 1 aliphatic heterocycles. The van der Waals surface area contributed by atoms with Gasteiger partial charge >= 0.3 is 0 Å². The van der Waals surface area contributed by atoms with E-state index in [-0.39, 0.29) is 42.5 Å². The summed E-state index contributed by atoms with van der Waals surface area (Å²) >= 11 is 0. The third-order valence-electron chi connectivity index (χ3n) is 9.83. The number of nitrogens with one attached hydrogen (secondary N) is 3. The summed E-state index contributed by atoms with van der Waals surface area (Å²) in [5.41, 5.74) is 1.91. The van der Waals surface area contributed by atoms with Crippen LogP contribution in [0.2, 0.25) is 0 Å². The van der Waals surface area contributed by atoms with Crippen LogP contribution in [0.15, 0.2) is 104 Å². The monoisotopic (exact) mass is 703 g/mol. The van der Waals surface area contributed by atoms with Gasteiger partial charge in [-0.25, -0.2) is 4.98 Å². The minimum atomic E-state index is -0.904. The molecule has 4 atom stereocenters. The molecule has 3 aromatic carbocycles. The van der Waals surface area contributed by atoms with Crippen molar-refractivity contribution in [2.24, 2.45) is 5.92 Å². The Hall–Kier alpha value is -5.31. The van der Waals surface area contributed by atoms with Gasteiger partial charge in [-0.3, -0.25) is 14.4 Å². The quantitative estimate of drug-likeness (QED) is 0.140. The molecule has 11 heteroatoms. The Morgan fingerprint density at radius 3 is 2.25 bits per heavy atom. The summed E-state index contributed by atoms with van der Waals surface area (Å²) in [6.45, 7) is 5.22. The van der Waals surface area contributed by atoms with Gasteiger partial charge in [-0.15, -0.1) is 0 Å². The van der Waals surface area contributed by atoms with Crippen LogP contribution in [0.25, 0.3) is 0 Å². The Labute approximate surface area is 306 Å². The van der Waals surface area contributed by atoms with Crippen molar-refractivity contribution >= 4 is 23.5 Å². The van der Waals surface area contributed by atoms with E-state index in [0.29, 0.717) is 19.7 Å². The summed E-state index contributed by atoms with van der Waals surface area (Å²) in [6.07, 6.45) is 5.81. The van der Waals surface area contributed by atoms with Gasteiger partial charge in [0.15, 0.2) is 5.82 Å². The van der Waals surface area contributed by atoms with E-state index >= 15 is 0 Å². The van der Waals surface area contributed by atoms with Crippen LogP contribution >= 0.6 is 0 Å². The van der Waals surface area contributed by atoms with E-state index in [4.69, 9.17) is 4.74 Å². The zero-order valence-electron chi connectivity index (χ0n) is 30.2. The van der Waals surface area contributed by atoms with Crippen LogP contribution in [-0.4, -0.2) is 70.5 Å². The lowest BCUT2D eigenvalue weighted by Crippen LogP contribution is -2.56. The molecule has 0 bridgehead atoms. The van der Waals surface area contributed by atoms with Gasteiger partial charge < -0.3 is 30.2 Å². The smallest absolute Gasteiger partial charge is 0.250 e. The molecule has 0 spiro atoms. The van der Waals surface area contributed by atoms with Crippen LogP contribution < -0.4 is 16.0 Å². The first kappa shape index (κ1) is 37.9. The van der Waals surface area contributed by atoms with E-state index in [1.807, 2.05) is 95.9 Å². The zero-order chi connectivity index (χ0) is 36.9. The highest BCUT2D eigenvalue weighted by Gasteiger charge is 2.33. The van der Waals surface area contributed by atoms with E-state index in [1.165, 1.54) is 0 Å². The van der Waals surface area contributed by atoms with E-state index in [0.717, 1.165) is 36.0 Å². The highest BCUT2D eigenvalue weighted by atomic mass is 16.5. The predicted octanol–water partition coefficient (Wildman–Crippen LogP) is 5.44. The largest absolute Gasteiger partial charge is 0.377 e. The van der Waals surface area contributed by atoms with Gasteiger partial charge in [-0.1, -0.05) is 91.0 Å². The molecular weight excluding hydrogens is 654 g/mol. The van der Waals surface area contributed by atoms with Crippen molar-refractivity contribution in [3.8, 4) is 6.07 Å². The van der Waals surface area contributed by atoms with E-state index in [2.05, 4.69) is 27.0 Å². The summed E-state index contributed by atoms with van der Waals surface area (Å²) in [6, 6.07) is 30.0. The lowest BCUT2D eigenvalue weighted by atomic mass is 9.82. The van der Waals surface area contributed by atoms with Crippen molar-refractivity contribution in [1.82, 2.24) is 25.1 Å². The zero-order valence-corrected chi connectivity index (χ0v) is 30.2. The van der Waals surface area contributed by atoms with Gasteiger partial charge in [0.2, 0.25) is 17.7 Å². The molecule has 0 saturated carbocycles. The number of ether oxygens (including phenoxy) is 1. The Balaban J connectivity index is 1.29. The molecule has 2 heterocycles. The summed E-state index contributed by atoms with van der Waals surface area (Å²) < 4.78 is 7.57. The molecule has 272 valence electrons. The number of nitrogens with zero attached hydrogens (tertiary/aromatic N) is 4. The molecular formula is C41H49N7O4. The average molecular weight is 704 g/mol. The summed E-state index contributed by atoms with van der Waals surface area (Å²) in [5.74, 6) is -0.680. The predicted molar refractivity (Wildman–Crippen MR) is 200 cm³/mol. The van der Waals surface area contributed by atoms with Gasteiger partial charge in [-0.05, 0) is 69.2 Å². The van der Waals surface area contributed by atoms with Gasteiger partial charge in [0.05, 0.1) is 30.5 Å². The van der Waals surface area contributed by atoms with Crippen molar-refractivity contribution < 1.29 is 19.1 Å². The van der Waals surface area contributed by atoms with Gasteiger partial charge in [0, 0.05) is 25.9 Å². The standard InChI is InChI=1S/C41H49N7O4/c1-41(2,43-3)40(51)45-35(22-25-52-28-30-14-7-4-8-15-30)38(49)46-36-27-48(29-44-36)37(33-18-11-6-12-19-33)39(50)47-23-13-20-32(21-24-47)34(26-42)31-16-9-5-10-17-31/h4-12,14-19,27,29,32,34-35,37,43H,13,20-25,28H2,1-3H3,(H,45,51)(H,46,49). The number of imidazole rings is 1. The summed E-state index contributed by atoms with van der Waals surface area (Å²) in [5, 5.41) is 18.8. The molecule has 1 aliphatic rings. The number of likely N-dealkylation sites (tertiary alicyclic amines) is 1. The molecule has 1 saturated heterocycles. The number of rotatable bonds is 15. The van der Waals surface area contributed by atoms with Crippen LogP contribution in [-0.2, 0) is 25.7 Å². The van der Waals surface area contributed by atoms with Crippen molar-refractivity contribution in [1.29, 1.82) is 5.26 Å². The number of carbonyl (C=O) groups excluding carboxylic acids is 3. The number of anilines is 1. The van der Waals surface area contributed by atoms with E-state index < -0.39 is 23.5 Å². The van der Waals surface area contributed by atoms with Gasteiger partial charge in [0.25, 0.3) is 0 Å². The van der Waals surface area contributed by atoms with Gasteiger partial charge in [-0.2, -0.15) is 5.26 Å². The molecule has 4 unspecified atom stereocenters. The first-order chi connectivity index (χ1) is 25.2. The normalized spacial score (nSPS) is 16.5. The molecule has 1 aromatic heterocycles. The Morgan fingerprint density at radius 1 is 0.942 bits per heavy atom. The van der Waals surface area contributed by atoms with Crippen molar-refractivity contribution in [3.63, 3.8) is 0 Å². The molecule has 3 N–H and O–H groups in total. The number of amides is 3.